The molecule has 0 atom stereocenters. The lowest BCUT2D eigenvalue weighted by molar-refractivity contribution is 0.393. The number of hydrogen-bond donors (Lipinski definition) is 2. The third kappa shape index (κ3) is 2.69. The molecule has 126 valence electrons. The van der Waals surface area contributed by atoms with Crippen molar-refractivity contribution in [2.75, 3.05) is 4.72 Å². The first-order valence-corrected chi connectivity index (χ1v) is 10.1. The Morgan fingerprint density at radius 1 is 1.33 bits per heavy atom. The Kier molecular flexibility index (Phi) is 3.60. The lowest BCUT2D eigenvalue weighted by atomic mass is 10.0. The smallest absolute Gasteiger partial charge is 0.237 e. The molecule has 0 amide bonds. The zero-order chi connectivity index (χ0) is 17.1. The maximum Gasteiger partial charge on any atom is 0.237 e. The van der Waals surface area contributed by atoms with Gasteiger partial charge in [0.2, 0.25) is 16.0 Å². The number of nitrogens with zero attached hydrogens (tertiary/aromatic N) is 2. The molecule has 1 fully saturated rings. The van der Waals surface area contributed by atoms with Crippen LogP contribution in [0.25, 0.3) is 22.2 Å². The molecule has 7 nitrogen and oxygen atoms in total. The molecular formula is C15H15IN4O3S. The van der Waals surface area contributed by atoms with Crippen molar-refractivity contribution in [3.05, 3.63) is 27.2 Å². The number of hydrogen-bond acceptors (Lipinski definition) is 5. The van der Waals surface area contributed by atoms with Gasteiger partial charge in [-0.15, -0.1) is 0 Å². The lowest BCUT2D eigenvalue weighted by Gasteiger charge is -2.02. The number of benzene rings is 1. The van der Waals surface area contributed by atoms with Crippen LogP contribution in [0.4, 0.5) is 5.95 Å². The summed E-state index contributed by atoms with van der Waals surface area (Å²) in [5, 5.41) is 3.70. The number of imidazole rings is 1. The minimum atomic E-state index is -3.34. The second-order valence-electron chi connectivity index (χ2n) is 5.99. The Bertz CT molecular complexity index is 1030. The van der Waals surface area contributed by atoms with Crippen molar-refractivity contribution < 1.29 is 12.9 Å². The number of sulfonamides is 1. The number of aromatic amines is 1. The first-order valence-electron chi connectivity index (χ1n) is 7.49. The van der Waals surface area contributed by atoms with Crippen molar-refractivity contribution in [2.45, 2.75) is 31.9 Å². The number of aryl methyl sites for hydroxylation is 2. The van der Waals surface area contributed by atoms with Gasteiger partial charge in [0.05, 0.1) is 16.5 Å². The fourth-order valence-corrected chi connectivity index (χ4v) is 4.80. The van der Waals surface area contributed by atoms with E-state index in [-0.39, 0.29) is 11.2 Å². The normalized spacial score (nSPS) is 15.1. The van der Waals surface area contributed by atoms with E-state index in [2.05, 4.69) is 42.4 Å². The number of nitrogens with one attached hydrogen (secondary N) is 2. The zero-order valence-corrected chi connectivity index (χ0v) is 16.0. The molecule has 3 aromatic rings. The Hall–Kier alpha value is -1.62. The standard InChI is InChI=1S/C15H15IN4O3S/c1-7-13(8(2)23-19-7)9-5-11(16)14-12(6-9)17-15(18-14)20-24(21,22)10-3-4-10/h5-6,10H,3-4H2,1-2H3,(H2,17,18,20). The largest absolute Gasteiger partial charge is 0.361 e. The lowest BCUT2D eigenvalue weighted by Crippen LogP contribution is -2.18. The molecular weight excluding hydrogens is 443 g/mol. The quantitative estimate of drug-likeness (QED) is 0.585. The summed E-state index contributed by atoms with van der Waals surface area (Å²) in [6, 6.07) is 3.93. The molecule has 2 N–H and O–H groups in total. The Balaban J connectivity index is 1.78. The van der Waals surface area contributed by atoms with Crippen molar-refractivity contribution in [2.24, 2.45) is 0 Å². The Morgan fingerprint density at radius 3 is 2.71 bits per heavy atom. The van der Waals surface area contributed by atoms with Gasteiger partial charge in [0.25, 0.3) is 0 Å². The van der Waals surface area contributed by atoms with Gasteiger partial charge in [-0.2, -0.15) is 0 Å². The van der Waals surface area contributed by atoms with E-state index in [4.69, 9.17) is 4.52 Å². The van der Waals surface area contributed by atoms with E-state index in [9.17, 15) is 8.42 Å². The predicted molar refractivity (Wildman–Crippen MR) is 99.3 cm³/mol. The van der Waals surface area contributed by atoms with Crippen LogP contribution in [0.5, 0.6) is 0 Å². The molecule has 1 aromatic carbocycles. The third-order valence-corrected chi connectivity index (χ3v) is 6.71. The van der Waals surface area contributed by atoms with E-state index < -0.39 is 10.0 Å². The fourth-order valence-electron chi connectivity index (χ4n) is 2.76. The molecule has 1 aliphatic rings. The van der Waals surface area contributed by atoms with E-state index in [1.807, 2.05) is 26.0 Å². The van der Waals surface area contributed by atoms with Crippen molar-refractivity contribution in [3.8, 4) is 11.1 Å². The second-order valence-corrected chi connectivity index (χ2v) is 9.11. The Labute approximate surface area is 152 Å². The minimum Gasteiger partial charge on any atom is -0.361 e. The van der Waals surface area contributed by atoms with Gasteiger partial charge in [-0.25, -0.2) is 13.4 Å². The van der Waals surface area contributed by atoms with E-state index in [0.29, 0.717) is 12.8 Å². The van der Waals surface area contributed by atoms with Gasteiger partial charge in [0, 0.05) is 9.13 Å². The predicted octanol–water partition coefficient (Wildman–Crippen LogP) is 3.34. The molecule has 1 aliphatic carbocycles. The van der Waals surface area contributed by atoms with Crippen LogP contribution in [0.1, 0.15) is 24.3 Å². The molecule has 0 unspecified atom stereocenters. The van der Waals surface area contributed by atoms with Crippen molar-refractivity contribution in [1.29, 1.82) is 0 Å². The van der Waals surface area contributed by atoms with Crippen LogP contribution in [0, 0.1) is 17.4 Å². The van der Waals surface area contributed by atoms with E-state index >= 15 is 0 Å². The number of halogens is 1. The van der Waals surface area contributed by atoms with Crippen LogP contribution in [0.2, 0.25) is 0 Å². The summed E-state index contributed by atoms with van der Waals surface area (Å²) in [6.07, 6.45) is 1.42. The molecule has 9 heteroatoms. The third-order valence-electron chi connectivity index (χ3n) is 4.06. The van der Waals surface area contributed by atoms with Gasteiger partial charge >= 0.3 is 0 Å². The zero-order valence-electron chi connectivity index (χ0n) is 13.1. The maximum absolute atomic E-state index is 12.1. The molecule has 2 heterocycles. The molecule has 0 spiro atoms. The van der Waals surface area contributed by atoms with Crippen molar-refractivity contribution in [3.63, 3.8) is 0 Å². The number of anilines is 1. The highest BCUT2D eigenvalue weighted by molar-refractivity contribution is 14.1. The first kappa shape index (κ1) is 15.9. The van der Waals surface area contributed by atoms with Crippen LogP contribution in [0.3, 0.4) is 0 Å². The summed E-state index contributed by atoms with van der Waals surface area (Å²) >= 11 is 2.20. The van der Waals surface area contributed by atoms with Gasteiger partial charge < -0.3 is 9.51 Å². The molecule has 0 aliphatic heterocycles. The number of rotatable bonds is 4. The van der Waals surface area contributed by atoms with E-state index in [0.717, 1.165) is 37.2 Å². The van der Waals surface area contributed by atoms with Gasteiger partial charge in [-0.3, -0.25) is 4.72 Å². The summed E-state index contributed by atoms with van der Waals surface area (Å²) in [5.41, 5.74) is 4.23. The molecule has 24 heavy (non-hydrogen) atoms. The summed E-state index contributed by atoms with van der Waals surface area (Å²) < 4.78 is 32.9. The number of H-pyrrole nitrogens is 1. The van der Waals surface area contributed by atoms with Crippen LogP contribution in [-0.4, -0.2) is 28.8 Å². The van der Waals surface area contributed by atoms with Crippen LogP contribution in [-0.2, 0) is 10.0 Å². The molecule has 0 bridgehead atoms. The van der Waals surface area contributed by atoms with Crippen molar-refractivity contribution >= 4 is 49.6 Å². The molecule has 4 rings (SSSR count). The average Bonchev–Trinajstić information content (AvgIpc) is 3.21. The summed E-state index contributed by atoms with van der Waals surface area (Å²) in [6.45, 7) is 3.76. The van der Waals surface area contributed by atoms with E-state index in [1.54, 1.807) is 0 Å². The average molecular weight is 458 g/mol. The van der Waals surface area contributed by atoms with Crippen molar-refractivity contribution in [1.82, 2.24) is 15.1 Å². The number of fused-ring (bicyclic) bond motifs is 1. The summed E-state index contributed by atoms with van der Waals surface area (Å²) in [7, 11) is -3.34. The molecule has 0 saturated heterocycles. The number of aromatic nitrogens is 3. The molecule has 0 radical (unpaired) electrons. The maximum atomic E-state index is 12.1. The van der Waals surface area contributed by atoms with E-state index in [1.165, 1.54) is 0 Å². The van der Waals surface area contributed by atoms with Gasteiger partial charge in [0.15, 0.2) is 0 Å². The van der Waals surface area contributed by atoms with Crippen LogP contribution >= 0.6 is 22.6 Å². The van der Waals surface area contributed by atoms with Crippen LogP contribution in [0.15, 0.2) is 16.7 Å². The van der Waals surface area contributed by atoms with Gasteiger partial charge in [-0.05, 0) is 67.0 Å². The highest BCUT2D eigenvalue weighted by Gasteiger charge is 2.36. The highest BCUT2D eigenvalue weighted by atomic mass is 127. The second kappa shape index (κ2) is 5.45. The first-order chi connectivity index (χ1) is 11.3. The highest BCUT2D eigenvalue weighted by Crippen LogP contribution is 2.33. The molecule has 1 saturated carbocycles. The molecule has 2 aromatic heterocycles. The minimum absolute atomic E-state index is 0.255. The topological polar surface area (TPSA) is 101 Å². The van der Waals surface area contributed by atoms with Gasteiger partial charge in [-0.1, -0.05) is 5.16 Å². The Morgan fingerprint density at radius 2 is 2.08 bits per heavy atom. The SMILES string of the molecule is Cc1noc(C)c1-c1cc(I)c2nc(NS(=O)(=O)C3CC3)[nH]c2c1. The van der Waals surface area contributed by atoms with Crippen LogP contribution < -0.4 is 4.72 Å². The monoisotopic (exact) mass is 458 g/mol. The van der Waals surface area contributed by atoms with Gasteiger partial charge in [0.1, 0.15) is 11.3 Å². The fraction of sp³-hybridized carbons (Fsp3) is 0.333. The summed E-state index contributed by atoms with van der Waals surface area (Å²) in [4.78, 5) is 7.44. The summed E-state index contributed by atoms with van der Waals surface area (Å²) in [5.74, 6) is 1.00.